The number of methoxy groups -OCH3 is 1. The first-order chi connectivity index (χ1) is 5.85. The minimum absolute atomic E-state index is 0.910. The molecule has 0 heterocycles. The van der Waals surface area contributed by atoms with Gasteiger partial charge in [-0.2, -0.15) is 11.8 Å². The quantitative estimate of drug-likeness (QED) is 0.698. The molecule has 0 aliphatic rings. The summed E-state index contributed by atoms with van der Waals surface area (Å²) in [7, 11) is 1.66. The molecular formula is C10H16OS. The number of hydrogen-bond donors (Lipinski definition) is 0. The molecule has 68 valence electrons. The summed E-state index contributed by atoms with van der Waals surface area (Å²) in [6, 6.07) is 9.68. The topological polar surface area (TPSA) is 9.23 Å². The maximum atomic E-state index is 4.91. The molecule has 0 fully saturated rings. The molecule has 0 aliphatic heterocycles. The number of thioether (sulfide) groups is 1. The van der Waals surface area contributed by atoms with Crippen LogP contribution in [0.25, 0.3) is 0 Å². The Kier molecular flexibility index (Phi) is 8.02. The molecule has 0 atom stereocenters. The summed E-state index contributed by atoms with van der Waals surface area (Å²) in [5, 5.41) is 0. The molecule has 0 aliphatic carbocycles. The van der Waals surface area contributed by atoms with Gasteiger partial charge in [-0.05, 0) is 24.1 Å². The summed E-state index contributed by atoms with van der Waals surface area (Å²) in [6.45, 7) is 2.14. The van der Waals surface area contributed by atoms with Crippen molar-refractivity contribution in [3.8, 4) is 5.75 Å². The largest absolute Gasteiger partial charge is 0.497 e. The Hall–Kier alpha value is -0.630. The highest BCUT2D eigenvalue weighted by Gasteiger charge is 1.80. The average molecular weight is 184 g/mol. The second kappa shape index (κ2) is 8.47. The van der Waals surface area contributed by atoms with Crippen molar-refractivity contribution >= 4 is 11.8 Å². The van der Waals surface area contributed by atoms with E-state index < -0.39 is 0 Å². The number of benzene rings is 1. The summed E-state index contributed by atoms with van der Waals surface area (Å²) in [5.74, 6) is 2.15. The van der Waals surface area contributed by atoms with Gasteiger partial charge >= 0.3 is 0 Å². The third-order valence-electron chi connectivity index (χ3n) is 1.27. The van der Waals surface area contributed by atoms with Crippen molar-refractivity contribution in [2.45, 2.75) is 6.92 Å². The highest BCUT2D eigenvalue weighted by atomic mass is 32.2. The van der Waals surface area contributed by atoms with Crippen molar-refractivity contribution < 1.29 is 4.74 Å². The lowest BCUT2D eigenvalue weighted by molar-refractivity contribution is 0.415. The third kappa shape index (κ3) is 6.10. The first-order valence-electron chi connectivity index (χ1n) is 3.93. The fourth-order valence-electron chi connectivity index (χ4n) is 0.557. The monoisotopic (exact) mass is 184 g/mol. The van der Waals surface area contributed by atoms with Crippen LogP contribution in [0.3, 0.4) is 0 Å². The van der Waals surface area contributed by atoms with Crippen molar-refractivity contribution in [1.29, 1.82) is 0 Å². The van der Waals surface area contributed by atoms with Gasteiger partial charge in [-0.25, -0.2) is 0 Å². The van der Waals surface area contributed by atoms with E-state index in [4.69, 9.17) is 4.74 Å². The zero-order valence-corrected chi connectivity index (χ0v) is 8.73. The number of rotatable bonds is 2. The predicted molar refractivity (Wildman–Crippen MR) is 57.1 cm³/mol. The summed E-state index contributed by atoms with van der Waals surface area (Å²) < 4.78 is 4.91. The summed E-state index contributed by atoms with van der Waals surface area (Å²) in [4.78, 5) is 0. The van der Waals surface area contributed by atoms with Gasteiger partial charge in [-0.3, -0.25) is 0 Å². The van der Waals surface area contributed by atoms with Crippen LogP contribution < -0.4 is 4.74 Å². The Morgan fingerprint density at radius 2 is 1.75 bits per heavy atom. The second-order valence-electron chi connectivity index (χ2n) is 2.09. The zero-order valence-electron chi connectivity index (χ0n) is 7.91. The maximum Gasteiger partial charge on any atom is 0.118 e. The Labute approximate surface area is 79.1 Å². The van der Waals surface area contributed by atoms with Gasteiger partial charge in [-0.15, -0.1) is 0 Å². The van der Waals surface area contributed by atoms with Crippen LogP contribution in [0.2, 0.25) is 0 Å². The Morgan fingerprint density at radius 3 is 2.00 bits per heavy atom. The molecule has 1 rings (SSSR count). The average Bonchev–Trinajstić information content (AvgIpc) is 2.19. The van der Waals surface area contributed by atoms with E-state index in [2.05, 4.69) is 13.2 Å². The number of para-hydroxylation sites is 1. The van der Waals surface area contributed by atoms with Gasteiger partial charge in [0.25, 0.3) is 0 Å². The van der Waals surface area contributed by atoms with Crippen LogP contribution in [0.1, 0.15) is 6.92 Å². The van der Waals surface area contributed by atoms with Gasteiger partial charge in [0.1, 0.15) is 5.75 Å². The van der Waals surface area contributed by atoms with E-state index in [0.29, 0.717) is 0 Å². The SMILES string of the molecule is CCSC.COc1ccccc1. The fraction of sp³-hybridized carbons (Fsp3) is 0.400. The van der Waals surface area contributed by atoms with E-state index in [1.165, 1.54) is 5.75 Å². The normalized spacial score (nSPS) is 8.25. The summed E-state index contributed by atoms with van der Waals surface area (Å²) in [5.41, 5.74) is 0. The van der Waals surface area contributed by atoms with E-state index in [1.807, 2.05) is 42.1 Å². The lowest BCUT2D eigenvalue weighted by Crippen LogP contribution is -1.78. The van der Waals surface area contributed by atoms with Crippen molar-refractivity contribution in [3.05, 3.63) is 30.3 Å². The molecule has 0 bridgehead atoms. The lowest BCUT2D eigenvalue weighted by atomic mass is 10.3. The molecule has 0 radical (unpaired) electrons. The Bertz CT molecular complexity index is 172. The van der Waals surface area contributed by atoms with E-state index in [0.717, 1.165) is 5.75 Å². The van der Waals surface area contributed by atoms with Crippen LogP contribution in [0, 0.1) is 0 Å². The van der Waals surface area contributed by atoms with Crippen LogP contribution in [0.5, 0.6) is 5.75 Å². The molecule has 0 N–H and O–H groups in total. The molecule has 2 heteroatoms. The second-order valence-corrected chi connectivity index (χ2v) is 3.25. The van der Waals surface area contributed by atoms with Crippen LogP contribution >= 0.6 is 11.8 Å². The van der Waals surface area contributed by atoms with E-state index in [-0.39, 0.29) is 0 Å². The van der Waals surface area contributed by atoms with E-state index in [1.54, 1.807) is 7.11 Å². The van der Waals surface area contributed by atoms with Gasteiger partial charge in [0.15, 0.2) is 0 Å². The smallest absolute Gasteiger partial charge is 0.118 e. The van der Waals surface area contributed by atoms with Gasteiger partial charge in [0.2, 0.25) is 0 Å². The van der Waals surface area contributed by atoms with E-state index in [9.17, 15) is 0 Å². The van der Waals surface area contributed by atoms with Crippen LogP contribution in [0.4, 0.5) is 0 Å². The standard InChI is InChI=1S/C7H8O.C3H8S/c1-8-7-5-3-2-4-6-7;1-3-4-2/h2-6H,1H3;3H2,1-2H3. The minimum atomic E-state index is 0.910. The molecule has 0 amide bonds. The highest BCUT2D eigenvalue weighted by molar-refractivity contribution is 7.98. The lowest BCUT2D eigenvalue weighted by Gasteiger charge is -1.93. The minimum Gasteiger partial charge on any atom is -0.497 e. The number of ether oxygens (including phenoxy) is 1. The van der Waals surface area contributed by atoms with Crippen molar-refractivity contribution in [2.24, 2.45) is 0 Å². The van der Waals surface area contributed by atoms with Gasteiger partial charge < -0.3 is 4.74 Å². The molecule has 0 unspecified atom stereocenters. The van der Waals surface area contributed by atoms with Crippen LogP contribution in [-0.4, -0.2) is 19.1 Å². The first-order valence-corrected chi connectivity index (χ1v) is 5.32. The van der Waals surface area contributed by atoms with Gasteiger partial charge in [0.05, 0.1) is 7.11 Å². The molecule has 0 spiro atoms. The maximum absolute atomic E-state index is 4.91. The molecule has 1 aromatic carbocycles. The number of hydrogen-bond acceptors (Lipinski definition) is 2. The predicted octanol–water partition coefficient (Wildman–Crippen LogP) is 3.06. The third-order valence-corrected chi connectivity index (χ3v) is 1.84. The van der Waals surface area contributed by atoms with Crippen LogP contribution in [-0.2, 0) is 0 Å². The molecule has 1 nitrogen and oxygen atoms in total. The van der Waals surface area contributed by atoms with E-state index >= 15 is 0 Å². The molecule has 12 heavy (non-hydrogen) atoms. The van der Waals surface area contributed by atoms with Gasteiger partial charge in [0, 0.05) is 0 Å². The highest BCUT2D eigenvalue weighted by Crippen LogP contribution is 2.05. The molecule has 0 saturated carbocycles. The molecule has 1 aromatic rings. The summed E-state index contributed by atoms with van der Waals surface area (Å²) in [6.07, 6.45) is 2.10. The first kappa shape index (κ1) is 11.4. The Balaban J connectivity index is 0.000000261. The molecule has 0 aromatic heterocycles. The Morgan fingerprint density at radius 1 is 1.25 bits per heavy atom. The molecular weight excluding hydrogens is 168 g/mol. The van der Waals surface area contributed by atoms with Crippen molar-refractivity contribution in [2.75, 3.05) is 19.1 Å². The molecule has 0 saturated heterocycles. The fourth-order valence-corrected chi connectivity index (χ4v) is 0.557. The van der Waals surface area contributed by atoms with Crippen LogP contribution in [0.15, 0.2) is 30.3 Å². The zero-order chi connectivity index (χ0) is 9.23. The van der Waals surface area contributed by atoms with Gasteiger partial charge in [-0.1, -0.05) is 25.1 Å². The van der Waals surface area contributed by atoms with Crippen molar-refractivity contribution in [1.82, 2.24) is 0 Å². The summed E-state index contributed by atoms with van der Waals surface area (Å²) >= 11 is 1.86. The van der Waals surface area contributed by atoms with Crippen molar-refractivity contribution in [3.63, 3.8) is 0 Å².